The van der Waals surface area contributed by atoms with Gasteiger partial charge < -0.3 is 4.98 Å². The molecule has 0 saturated carbocycles. The maximum Gasteiger partial charge on any atom is 0.350 e. The Kier molecular flexibility index (Phi) is 5.17. The summed E-state index contributed by atoms with van der Waals surface area (Å²) in [6.45, 7) is 3.09. The third-order valence-corrected chi connectivity index (χ3v) is 6.55. The number of imidazole rings is 1. The van der Waals surface area contributed by atoms with Crippen LogP contribution in [-0.2, 0) is 4.79 Å². The number of hydrogen-bond donors (Lipinski definition) is 1. The van der Waals surface area contributed by atoms with Gasteiger partial charge in [-0.1, -0.05) is 25.1 Å². The molecule has 2 fully saturated rings. The van der Waals surface area contributed by atoms with Gasteiger partial charge in [0, 0.05) is 36.8 Å². The van der Waals surface area contributed by atoms with Crippen molar-refractivity contribution < 1.29 is 9.59 Å². The number of nitrogens with one attached hydrogen (secondary N) is 1. The average Bonchev–Trinajstić information content (AvgIpc) is 3.59. The Hall–Kier alpha value is -4.27. The molecule has 2 aromatic heterocycles. The number of carbonyl (C=O) groups is 2. The highest BCUT2D eigenvalue weighted by atomic mass is 16.2. The molecule has 1 atom stereocenters. The summed E-state index contributed by atoms with van der Waals surface area (Å²) in [5, 5.41) is 4.00. The number of nitrogens with zero attached hydrogens (tertiary/aromatic N) is 6. The normalized spacial score (nSPS) is 19.7. The van der Waals surface area contributed by atoms with Crippen molar-refractivity contribution >= 4 is 45.4 Å². The van der Waals surface area contributed by atoms with Gasteiger partial charge in [0.25, 0.3) is 0 Å². The fraction of sp³-hybridized carbons (Fsp3) is 0.269. The molecule has 0 spiro atoms. The predicted molar refractivity (Wildman–Crippen MR) is 134 cm³/mol. The molecule has 9 heteroatoms. The molecule has 1 N–H and O–H groups in total. The first kappa shape index (κ1) is 21.3. The first-order chi connectivity index (χ1) is 17.2. The summed E-state index contributed by atoms with van der Waals surface area (Å²) in [7, 11) is 0. The number of carbonyl (C=O) groups excluding carboxylic acids is 2. The monoisotopic (exact) mass is 467 g/mol. The standard InChI is InChI=1S/C26H25N7O2/c1-2-12-28-25-24(19-11-13-27-20-7-4-3-6-18(19)20)32(17-9-10-21-22(15-17)30-16-29-21)26(35)33(25)31-14-5-8-23(31)34/h3-4,6-7,9-11,13,15-16,24H,2,5,8,12,14H2,1H3,(H,29,30). The fourth-order valence-electron chi connectivity index (χ4n) is 4.96. The van der Waals surface area contributed by atoms with Crippen molar-refractivity contribution in [3.05, 3.63) is 66.6 Å². The molecule has 176 valence electrons. The highest BCUT2D eigenvalue weighted by molar-refractivity contribution is 6.18. The first-order valence-corrected chi connectivity index (χ1v) is 11.9. The van der Waals surface area contributed by atoms with Crippen LogP contribution in [0.4, 0.5) is 10.5 Å². The van der Waals surface area contributed by atoms with Crippen molar-refractivity contribution in [3.63, 3.8) is 0 Å². The van der Waals surface area contributed by atoms with Crippen LogP contribution in [0.2, 0.25) is 0 Å². The molecule has 2 saturated heterocycles. The molecule has 1 unspecified atom stereocenters. The number of urea groups is 1. The SMILES string of the molecule is CCCN=C1C(c2ccnc3ccccc23)N(c2ccc3[nH]cnc3c2)C(=O)N1N1CCCC1=O. The van der Waals surface area contributed by atoms with E-state index in [1.807, 2.05) is 55.5 Å². The number of rotatable bonds is 5. The van der Waals surface area contributed by atoms with Gasteiger partial charge in [0.15, 0.2) is 5.84 Å². The number of aliphatic imine (C=N–C) groups is 1. The molecule has 2 aliphatic rings. The van der Waals surface area contributed by atoms with Gasteiger partial charge in [0.2, 0.25) is 5.91 Å². The largest absolute Gasteiger partial charge is 0.350 e. The second kappa shape index (κ2) is 8.50. The molecule has 6 rings (SSSR count). The quantitative estimate of drug-likeness (QED) is 0.469. The van der Waals surface area contributed by atoms with Crippen LogP contribution in [0.5, 0.6) is 0 Å². The summed E-state index contributed by atoms with van der Waals surface area (Å²) >= 11 is 0. The van der Waals surface area contributed by atoms with E-state index in [1.54, 1.807) is 22.4 Å². The number of hydrazine groups is 1. The molecule has 35 heavy (non-hydrogen) atoms. The Morgan fingerprint density at radius 3 is 2.80 bits per heavy atom. The molecule has 2 aliphatic heterocycles. The van der Waals surface area contributed by atoms with E-state index in [-0.39, 0.29) is 11.9 Å². The highest BCUT2D eigenvalue weighted by Gasteiger charge is 2.50. The lowest BCUT2D eigenvalue weighted by Gasteiger charge is -2.27. The molecule has 0 aliphatic carbocycles. The number of H-pyrrole nitrogens is 1. The number of benzene rings is 2. The van der Waals surface area contributed by atoms with Gasteiger partial charge in [-0.2, -0.15) is 5.01 Å². The number of aromatic amines is 1. The van der Waals surface area contributed by atoms with Crippen molar-refractivity contribution in [2.45, 2.75) is 32.2 Å². The lowest BCUT2D eigenvalue weighted by Crippen LogP contribution is -2.48. The minimum atomic E-state index is -0.522. The Bertz CT molecular complexity index is 1470. The number of fused-ring (bicyclic) bond motifs is 2. The van der Waals surface area contributed by atoms with Gasteiger partial charge in [0.05, 0.1) is 22.9 Å². The van der Waals surface area contributed by atoms with E-state index in [9.17, 15) is 9.59 Å². The minimum Gasteiger partial charge on any atom is -0.345 e. The zero-order valence-corrected chi connectivity index (χ0v) is 19.4. The maximum atomic E-state index is 14.1. The molecule has 3 amide bonds. The summed E-state index contributed by atoms with van der Waals surface area (Å²) in [6.07, 6.45) is 5.36. The van der Waals surface area contributed by atoms with Crippen molar-refractivity contribution in [1.82, 2.24) is 25.0 Å². The second-order valence-corrected chi connectivity index (χ2v) is 8.75. The van der Waals surface area contributed by atoms with Gasteiger partial charge in [-0.15, -0.1) is 0 Å². The van der Waals surface area contributed by atoms with Gasteiger partial charge in [-0.25, -0.2) is 14.8 Å². The molecular weight excluding hydrogens is 442 g/mol. The van der Waals surface area contributed by atoms with Crippen molar-refractivity contribution in [2.75, 3.05) is 18.0 Å². The molecule has 2 aromatic carbocycles. The summed E-state index contributed by atoms with van der Waals surface area (Å²) in [6, 6.07) is 14.7. The molecule has 4 heterocycles. The van der Waals surface area contributed by atoms with Crippen LogP contribution >= 0.6 is 0 Å². The number of amides is 3. The molecule has 4 aromatic rings. The zero-order valence-electron chi connectivity index (χ0n) is 19.4. The molecule has 0 radical (unpaired) electrons. The van der Waals surface area contributed by atoms with Gasteiger partial charge in [0.1, 0.15) is 6.04 Å². The van der Waals surface area contributed by atoms with Crippen molar-refractivity contribution in [2.24, 2.45) is 4.99 Å². The summed E-state index contributed by atoms with van der Waals surface area (Å²) < 4.78 is 0. The topological polar surface area (TPSA) is 97.8 Å². The van der Waals surface area contributed by atoms with E-state index >= 15 is 0 Å². The van der Waals surface area contributed by atoms with Gasteiger partial charge >= 0.3 is 6.03 Å². The van der Waals surface area contributed by atoms with Crippen LogP contribution in [0.25, 0.3) is 21.9 Å². The second-order valence-electron chi connectivity index (χ2n) is 8.75. The number of pyridine rings is 1. The summed E-state index contributed by atoms with van der Waals surface area (Å²) in [5.74, 6) is 0.496. The third-order valence-electron chi connectivity index (χ3n) is 6.55. The van der Waals surface area contributed by atoms with E-state index in [4.69, 9.17) is 4.99 Å². The van der Waals surface area contributed by atoms with E-state index in [0.717, 1.165) is 33.9 Å². The predicted octanol–water partition coefficient (Wildman–Crippen LogP) is 4.44. The van der Waals surface area contributed by atoms with E-state index in [0.29, 0.717) is 37.5 Å². The van der Waals surface area contributed by atoms with E-state index in [2.05, 4.69) is 15.0 Å². The van der Waals surface area contributed by atoms with Crippen LogP contribution in [0, 0.1) is 0 Å². The van der Waals surface area contributed by atoms with Crippen molar-refractivity contribution in [1.29, 1.82) is 0 Å². The zero-order chi connectivity index (χ0) is 23.9. The number of anilines is 1. The number of amidine groups is 1. The van der Waals surface area contributed by atoms with Crippen LogP contribution in [0.3, 0.4) is 0 Å². The van der Waals surface area contributed by atoms with E-state index < -0.39 is 6.04 Å². The summed E-state index contributed by atoms with van der Waals surface area (Å²) in [5.41, 5.74) is 4.09. The average molecular weight is 468 g/mol. The van der Waals surface area contributed by atoms with Gasteiger partial charge in [-0.3, -0.25) is 19.7 Å². The fourth-order valence-corrected chi connectivity index (χ4v) is 4.96. The van der Waals surface area contributed by atoms with E-state index in [1.165, 1.54) is 5.01 Å². The minimum absolute atomic E-state index is 0.0644. The number of aromatic nitrogens is 3. The maximum absolute atomic E-state index is 14.1. The smallest absolute Gasteiger partial charge is 0.345 e. The molecule has 0 bridgehead atoms. The Morgan fingerprint density at radius 2 is 1.97 bits per heavy atom. The number of para-hydroxylation sites is 1. The van der Waals surface area contributed by atoms with Gasteiger partial charge in [-0.05, 0) is 48.7 Å². The highest BCUT2D eigenvalue weighted by Crippen LogP contribution is 2.40. The Balaban J connectivity index is 1.59. The van der Waals surface area contributed by atoms with Crippen LogP contribution in [0.15, 0.2) is 66.0 Å². The summed E-state index contributed by atoms with van der Waals surface area (Å²) in [4.78, 5) is 45.6. The van der Waals surface area contributed by atoms with Crippen LogP contribution in [0.1, 0.15) is 37.8 Å². The number of hydrogen-bond acceptors (Lipinski definition) is 5. The third kappa shape index (κ3) is 3.42. The lowest BCUT2D eigenvalue weighted by atomic mass is 10.00. The molecular formula is C26H25N7O2. The first-order valence-electron chi connectivity index (χ1n) is 11.9. The lowest BCUT2D eigenvalue weighted by molar-refractivity contribution is -0.134. The van der Waals surface area contributed by atoms with Crippen molar-refractivity contribution in [3.8, 4) is 0 Å². The van der Waals surface area contributed by atoms with Crippen LogP contribution in [-0.4, -0.2) is 55.8 Å². The molecule has 9 nitrogen and oxygen atoms in total. The Morgan fingerprint density at radius 1 is 1.09 bits per heavy atom. The van der Waals surface area contributed by atoms with Crippen LogP contribution < -0.4 is 4.90 Å². The Labute approximate surface area is 202 Å².